The number of nitriles is 1. The third kappa shape index (κ3) is 1.19. The first-order valence-electron chi connectivity index (χ1n) is 4.76. The average molecular weight is 204 g/mol. The molecule has 0 unspecified atom stereocenters. The number of hydrogen-bond acceptors (Lipinski definition) is 3. The topological polar surface area (TPSA) is 49.8 Å². The Bertz CT molecular complexity index is 740. The van der Waals surface area contributed by atoms with Crippen molar-refractivity contribution in [2.45, 2.75) is 0 Å². The Morgan fingerprint density at radius 1 is 1.25 bits per heavy atom. The minimum absolute atomic E-state index is 0.293. The summed E-state index contributed by atoms with van der Waals surface area (Å²) in [7, 11) is 5.68. The summed E-state index contributed by atoms with van der Waals surface area (Å²) >= 11 is 0. The van der Waals surface area contributed by atoms with Crippen LogP contribution in [0.5, 0.6) is 0 Å². The minimum atomic E-state index is 0.293. The van der Waals surface area contributed by atoms with Crippen molar-refractivity contribution in [2.24, 2.45) is 0 Å². The molecule has 3 rings (SSSR count). The molecule has 0 saturated carbocycles. The van der Waals surface area contributed by atoms with Crippen LogP contribution in [-0.2, 0) is 0 Å². The molecule has 16 heavy (non-hydrogen) atoms. The third-order valence-electron chi connectivity index (χ3n) is 2.50. The number of nitrogens with zero attached hydrogens (tertiary/aromatic N) is 2. The summed E-state index contributed by atoms with van der Waals surface area (Å²) in [4.78, 5) is 4.23. The van der Waals surface area contributed by atoms with Crippen LogP contribution in [0.25, 0.3) is 21.9 Å². The van der Waals surface area contributed by atoms with Crippen molar-refractivity contribution in [3.05, 3.63) is 36.2 Å². The summed E-state index contributed by atoms with van der Waals surface area (Å²) in [5.41, 5.74) is 2.09. The quantitative estimate of drug-likeness (QED) is 0.523. The van der Waals surface area contributed by atoms with Crippen molar-refractivity contribution in [2.75, 3.05) is 0 Å². The van der Waals surface area contributed by atoms with Gasteiger partial charge in [-0.3, -0.25) is 4.98 Å². The van der Waals surface area contributed by atoms with Gasteiger partial charge in [-0.1, -0.05) is 17.6 Å². The fourth-order valence-electron chi connectivity index (χ4n) is 1.78. The standard InChI is InChI=1S/C12H5BN2O/c13-7-1-2-9-10-4-8(5-14)16-12(10)6-15-11(9)3-7/h1-4,6H. The zero-order valence-corrected chi connectivity index (χ0v) is 8.27. The van der Waals surface area contributed by atoms with Crippen LogP contribution in [0.3, 0.4) is 0 Å². The highest BCUT2D eigenvalue weighted by atomic mass is 16.3. The van der Waals surface area contributed by atoms with Gasteiger partial charge in [-0.2, -0.15) is 5.26 Å². The lowest BCUT2D eigenvalue weighted by atomic mass is 9.94. The molecule has 0 amide bonds. The Kier molecular flexibility index (Phi) is 1.75. The summed E-state index contributed by atoms with van der Waals surface area (Å²) in [6.07, 6.45) is 1.61. The van der Waals surface area contributed by atoms with Crippen LogP contribution in [0, 0.1) is 11.3 Å². The predicted octanol–water partition coefficient (Wildman–Crippen LogP) is 1.65. The van der Waals surface area contributed by atoms with Gasteiger partial charge in [-0.15, -0.1) is 0 Å². The zero-order valence-electron chi connectivity index (χ0n) is 8.27. The molecule has 0 aliphatic rings. The van der Waals surface area contributed by atoms with Crippen LogP contribution in [-0.4, -0.2) is 12.8 Å². The monoisotopic (exact) mass is 204 g/mol. The van der Waals surface area contributed by atoms with E-state index in [2.05, 4.69) is 4.98 Å². The van der Waals surface area contributed by atoms with Crippen LogP contribution in [0.2, 0.25) is 0 Å². The molecule has 2 aromatic heterocycles. The Morgan fingerprint density at radius 2 is 2.12 bits per heavy atom. The van der Waals surface area contributed by atoms with Gasteiger partial charge < -0.3 is 4.42 Å². The molecule has 0 saturated heterocycles. The molecule has 0 fully saturated rings. The summed E-state index contributed by atoms with van der Waals surface area (Å²) in [5, 5.41) is 10.6. The molecule has 0 atom stereocenters. The second kappa shape index (κ2) is 3.11. The van der Waals surface area contributed by atoms with Crippen LogP contribution in [0.4, 0.5) is 0 Å². The SMILES string of the molecule is [B]c1ccc2c(c1)ncc1oc(C#N)cc12. The lowest BCUT2D eigenvalue weighted by Crippen LogP contribution is -2.00. The number of fused-ring (bicyclic) bond motifs is 3. The van der Waals surface area contributed by atoms with E-state index in [9.17, 15) is 0 Å². The molecule has 0 aliphatic heterocycles. The first kappa shape index (κ1) is 8.99. The van der Waals surface area contributed by atoms with Gasteiger partial charge in [0.2, 0.25) is 5.76 Å². The summed E-state index contributed by atoms with van der Waals surface area (Å²) in [5.74, 6) is 0.293. The van der Waals surface area contributed by atoms with E-state index in [-0.39, 0.29) is 0 Å². The first-order valence-corrected chi connectivity index (χ1v) is 4.76. The van der Waals surface area contributed by atoms with E-state index in [1.54, 1.807) is 18.3 Å². The molecular weight excluding hydrogens is 199 g/mol. The van der Waals surface area contributed by atoms with Crippen LogP contribution < -0.4 is 5.46 Å². The van der Waals surface area contributed by atoms with Crippen molar-refractivity contribution in [3.8, 4) is 6.07 Å². The Morgan fingerprint density at radius 3 is 2.94 bits per heavy atom. The fraction of sp³-hybridized carbons (Fsp3) is 0. The van der Waals surface area contributed by atoms with Crippen molar-refractivity contribution in [1.82, 2.24) is 4.98 Å². The molecule has 4 heteroatoms. The summed E-state index contributed by atoms with van der Waals surface area (Å²) in [6, 6.07) is 9.18. The van der Waals surface area contributed by atoms with Crippen LogP contribution in [0.15, 0.2) is 34.9 Å². The third-order valence-corrected chi connectivity index (χ3v) is 2.50. The number of aromatic nitrogens is 1. The fourth-order valence-corrected chi connectivity index (χ4v) is 1.78. The average Bonchev–Trinajstić information content (AvgIpc) is 2.71. The predicted molar refractivity (Wildman–Crippen MR) is 61.6 cm³/mol. The summed E-state index contributed by atoms with van der Waals surface area (Å²) in [6.45, 7) is 0. The highest BCUT2D eigenvalue weighted by Gasteiger charge is 2.07. The Balaban J connectivity index is 2.49. The minimum Gasteiger partial charge on any atom is -0.444 e. The van der Waals surface area contributed by atoms with E-state index in [0.29, 0.717) is 16.8 Å². The van der Waals surface area contributed by atoms with Gasteiger partial charge >= 0.3 is 0 Å². The second-order valence-electron chi connectivity index (χ2n) is 3.54. The van der Waals surface area contributed by atoms with Crippen LogP contribution >= 0.6 is 0 Å². The van der Waals surface area contributed by atoms with Gasteiger partial charge in [0.25, 0.3) is 0 Å². The Hall–Kier alpha value is -2.28. The molecule has 3 nitrogen and oxygen atoms in total. The van der Waals surface area contributed by atoms with E-state index < -0.39 is 0 Å². The Labute approximate surface area is 92.7 Å². The normalized spacial score (nSPS) is 10.7. The van der Waals surface area contributed by atoms with Crippen molar-refractivity contribution >= 4 is 35.2 Å². The van der Waals surface area contributed by atoms with E-state index in [1.165, 1.54) is 0 Å². The lowest BCUT2D eigenvalue weighted by molar-refractivity contribution is 0.598. The maximum Gasteiger partial charge on any atom is 0.204 e. The molecule has 3 aromatic rings. The van der Waals surface area contributed by atoms with Crippen molar-refractivity contribution < 1.29 is 4.42 Å². The number of furan rings is 1. The molecule has 0 aliphatic carbocycles. The smallest absolute Gasteiger partial charge is 0.204 e. The highest BCUT2D eigenvalue weighted by molar-refractivity contribution is 6.33. The molecule has 0 N–H and O–H groups in total. The number of pyridine rings is 1. The van der Waals surface area contributed by atoms with Crippen molar-refractivity contribution in [1.29, 1.82) is 5.26 Å². The maximum atomic E-state index is 8.77. The maximum absolute atomic E-state index is 8.77. The van der Waals surface area contributed by atoms with Gasteiger partial charge in [-0.25, -0.2) is 0 Å². The molecule has 2 radical (unpaired) electrons. The van der Waals surface area contributed by atoms with Gasteiger partial charge in [0.15, 0.2) is 5.58 Å². The van der Waals surface area contributed by atoms with E-state index >= 15 is 0 Å². The molecule has 0 spiro atoms. The first-order chi connectivity index (χ1) is 7.78. The molecule has 72 valence electrons. The number of hydrogen-bond donors (Lipinski definition) is 0. The van der Waals surface area contributed by atoms with Gasteiger partial charge in [0, 0.05) is 16.8 Å². The number of benzene rings is 1. The van der Waals surface area contributed by atoms with Crippen molar-refractivity contribution in [3.63, 3.8) is 0 Å². The molecule has 0 bridgehead atoms. The van der Waals surface area contributed by atoms with E-state index in [1.807, 2.05) is 18.2 Å². The van der Waals surface area contributed by atoms with Gasteiger partial charge in [0.1, 0.15) is 13.9 Å². The molecule has 2 heterocycles. The van der Waals surface area contributed by atoms with E-state index in [0.717, 1.165) is 16.3 Å². The molecular formula is C12H5BN2O. The second-order valence-corrected chi connectivity index (χ2v) is 3.54. The number of rotatable bonds is 0. The largest absolute Gasteiger partial charge is 0.444 e. The molecule has 1 aromatic carbocycles. The van der Waals surface area contributed by atoms with Gasteiger partial charge in [-0.05, 0) is 6.07 Å². The van der Waals surface area contributed by atoms with Gasteiger partial charge in [0.05, 0.1) is 11.7 Å². The summed E-state index contributed by atoms with van der Waals surface area (Å²) < 4.78 is 5.30. The zero-order chi connectivity index (χ0) is 11.1. The highest BCUT2D eigenvalue weighted by Crippen LogP contribution is 2.25. The lowest BCUT2D eigenvalue weighted by Gasteiger charge is -1.99. The van der Waals surface area contributed by atoms with Crippen LogP contribution in [0.1, 0.15) is 5.76 Å². The van der Waals surface area contributed by atoms with E-state index in [4.69, 9.17) is 17.5 Å².